The maximum atomic E-state index is 12.0. The van der Waals surface area contributed by atoms with Crippen LogP contribution in [-0.4, -0.2) is 34.6 Å². The minimum atomic E-state index is -0.179. The van der Waals surface area contributed by atoms with Gasteiger partial charge >= 0.3 is 6.09 Å². The molecule has 1 fully saturated rings. The van der Waals surface area contributed by atoms with Crippen LogP contribution in [0.2, 0.25) is 0 Å². The van der Waals surface area contributed by atoms with Gasteiger partial charge in [-0.3, -0.25) is 0 Å². The van der Waals surface area contributed by atoms with Crippen molar-refractivity contribution in [2.75, 3.05) is 13.1 Å². The van der Waals surface area contributed by atoms with Crippen LogP contribution in [0.25, 0.3) is 0 Å². The summed E-state index contributed by atoms with van der Waals surface area (Å²) in [5.41, 5.74) is 1.03. The normalized spacial score (nSPS) is 16.4. The summed E-state index contributed by atoms with van der Waals surface area (Å²) >= 11 is 2.02. The van der Waals surface area contributed by atoms with E-state index in [1.807, 2.05) is 47.0 Å². The summed E-state index contributed by atoms with van der Waals surface area (Å²) in [7, 11) is 0. The number of ether oxygens (including phenoxy) is 1. The topological polar surface area (TPSA) is 29.5 Å². The number of amides is 1. The molecule has 0 atom stereocenters. The van der Waals surface area contributed by atoms with E-state index < -0.39 is 0 Å². The van der Waals surface area contributed by atoms with Crippen molar-refractivity contribution in [3.63, 3.8) is 0 Å². The van der Waals surface area contributed by atoms with Gasteiger partial charge in [0.2, 0.25) is 0 Å². The lowest BCUT2D eigenvalue weighted by atomic mass is 10.1. The van der Waals surface area contributed by atoms with Crippen molar-refractivity contribution < 1.29 is 9.53 Å². The molecule has 0 radical (unpaired) electrons. The molecule has 0 N–H and O–H groups in total. The van der Waals surface area contributed by atoms with Crippen molar-refractivity contribution in [2.45, 2.75) is 43.8 Å². The van der Waals surface area contributed by atoms with Crippen LogP contribution in [0.15, 0.2) is 30.3 Å². The van der Waals surface area contributed by atoms with Crippen LogP contribution < -0.4 is 0 Å². The molecule has 20 heavy (non-hydrogen) atoms. The Labute approximate surface area is 125 Å². The Morgan fingerprint density at radius 1 is 1.30 bits per heavy atom. The van der Waals surface area contributed by atoms with Crippen molar-refractivity contribution in [3.8, 4) is 0 Å². The predicted molar refractivity (Wildman–Crippen MR) is 83.9 cm³/mol. The Kier molecular flexibility index (Phi) is 5.77. The zero-order chi connectivity index (χ0) is 14.4. The fourth-order valence-electron chi connectivity index (χ4n) is 2.37. The summed E-state index contributed by atoms with van der Waals surface area (Å²) in [4.78, 5) is 13.8. The second kappa shape index (κ2) is 7.58. The highest BCUT2D eigenvalue weighted by atomic mass is 32.2. The fourth-order valence-corrected chi connectivity index (χ4v) is 3.62. The first-order chi connectivity index (χ1) is 9.65. The van der Waals surface area contributed by atoms with E-state index in [1.54, 1.807) is 0 Å². The lowest BCUT2D eigenvalue weighted by molar-refractivity contribution is 0.0901. The van der Waals surface area contributed by atoms with E-state index in [1.165, 1.54) is 0 Å². The number of rotatable bonds is 4. The monoisotopic (exact) mass is 293 g/mol. The Balaban J connectivity index is 1.72. The van der Waals surface area contributed by atoms with E-state index in [0.29, 0.717) is 17.1 Å². The number of thioether (sulfide) groups is 1. The molecule has 0 spiro atoms. The van der Waals surface area contributed by atoms with Crippen LogP contribution in [0, 0.1) is 0 Å². The Morgan fingerprint density at radius 2 is 1.95 bits per heavy atom. The third-order valence-corrected chi connectivity index (χ3v) is 4.77. The molecule has 110 valence electrons. The van der Waals surface area contributed by atoms with Crippen molar-refractivity contribution in [1.82, 2.24) is 4.90 Å². The standard InChI is InChI=1S/C16H23NO2S/c1-13(2)20-15-8-10-17(11-9-15)16(18)19-12-14-6-4-3-5-7-14/h3-7,13,15H,8-12H2,1-2H3. The first-order valence-corrected chi connectivity index (χ1v) is 8.20. The number of hydrogen-bond donors (Lipinski definition) is 0. The number of carbonyl (C=O) groups excluding carboxylic acids is 1. The summed E-state index contributed by atoms with van der Waals surface area (Å²) in [5, 5.41) is 1.35. The minimum absolute atomic E-state index is 0.179. The SMILES string of the molecule is CC(C)SC1CCN(C(=O)OCc2ccccc2)CC1. The molecule has 0 saturated carbocycles. The van der Waals surface area contributed by atoms with E-state index in [9.17, 15) is 4.79 Å². The molecular weight excluding hydrogens is 270 g/mol. The molecule has 0 unspecified atom stereocenters. The molecule has 2 rings (SSSR count). The van der Waals surface area contributed by atoms with Gasteiger partial charge in [-0.1, -0.05) is 44.2 Å². The molecule has 1 aromatic rings. The third-order valence-electron chi connectivity index (χ3n) is 3.37. The van der Waals surface area contributed by atoms with Crippen LogP contribution in [0.1, 0.15) is 32.3 Å². The van der Waals surface area contributed by atoms with Crippen LogP contribution in [-0.2, 0) is 11.3 Å². The Morgan fingerprint density at radius 3 is 2.55 bits per heavy atom. The molecule has 1 aliphatic heterocycles. The maximum Gasteiger partial charge on any atom is 0.410 e. The van der Waals surface area contributed by atoms with Gasteiger partial charge < -0.3 is 9.64 Å². The van der Waals surface area contributed by atoms with Gasteiger partial charge in [-0.2, -0.15) is 11.8 Å². The lowest BCUT2D eigenvalue weighted by Gasteiger charge is -2.31. The molecule has 1 aromatic carbocycles. The summed E-state index contributed by atoms with van der Waals surface area (Å²) in [6.07, 6.45) is 1.97. The largest absolute Gasteiger partial charge is 0.445 e. The van der Waals surface area contributed by atoms with Gasteiger partial charge in [-0.15, -0.1) is 0 Å². The van der Waals surface area contributed by atoms with Crippen molar-refractivity contribution in [2.24, 2.45) is 0 Å². The van der Waals surface area contributed by atoms with Crippen LogP contribution in [0.4, 0.5) is 4.79 Å². The molecule has 0 aliphatic carbocycles. The average Bonchev–Trinajstić information content (AvgIpc) is 2.46. The summed E-state index contributed by atoms with van der Waals surface area (Å²) < 4.78 is 5.36. The molecule has 0 bridgehead atoms. The zero-order valence-corrected chi connectivity index (χ0v) is 13.1. The minimum Gasteiger partial charge on any atom is -0.445 e. The average molecular weight is 293 g/mol. The smallest absolute Gasteiger partial charge is 0.410 e. The summed E-state index contributed by atoms with van der Waals surface area (Å²) in [6, 6.07) is 9.82. The molecule has 1 amide bonds. The number of nitrogens with zero attached hydrogens (tertiary/aromatic N) is 1. The number of carbonyl (C=O) groups is 1. The van der Waals surface area contributed by atoms with Gasteiger partial charge in [0, 0.05) is 18.3 Å². The quantitative estimate of drug-likeness (QED) is 0.842. The number of likely N-dealkylation sites (tertiary alicyclic amines) is 1. The highest BCUT2D eigenvalue weighted by Gasteiger charge is 2.24. The Bertz CT molecular complexity index is 414. The third kappa shape index (κ3) is 4.75. The molecule has 0 aromatic heterocycles. The fraction of sp³-hybridized carbons (Fsp3) is 0.562. The van der Waals surface area contributed by atoms with Crippen LogP contribution >= 0.6 is 11.8 Å². The van der Waals surface area contributed by atoms with Crippen molar-refractivity contribution in [1.29, 1.82) is 0 Å². The van der Waals surface area contributed by atoms with Crippen LogP contribution in [0.3, 0.4) is 0 Å². The van der Waals surface area contributed by atoms with E-state index in [0.717, 1.165) is 31.5 Å². The van der Waals surface area contributed by atoms with Gasteiger partial charge in [0.15, 0.2) is 0 Å². The first kappa shape index (κ1) is 15.2. The van der Waals surface area contributed by atoms with E-state index >= 15 is 0 Å². The highest BCUT2D eigenvalue weighted by Crippen LogP contribution is 2.27. The van der Waals surface area contributed by atoms with Gasteiger partial charge in [0.05, 0.1) is 0 Å². The summed E-state index contributed by atoms with van der Waals surface area (Å²) in [6.45, 7) is 6.45. The van der Waals surface area contributed by atoms with Gasteiger partial charge in [0.1, 0.15) is 6.61 Å². The molecule has 1 aliphatic rings. The molecule has 3 nitrogen and oxygen atoms in total. The number of piperidine rings is 1. The van der Waals surface area contributed by atoms with Gasteiger partial charge in [-0.05, 0) is 23.7 Å². The van der Waals surface area contributed by atoms with E-state index in [2.05, 4.69) is 13.8 Å². The molecule has 4 heteroatoms. The maximum absolute atomic E-state index is 12.0. The second-order valence-corrected chi connectivity index (χ2v) is 7.29. The van der Waals surface area contributed by atoms with E-state index in [-0.39, 0.29) is 6.09 Å². The first-order valence-electron chi connectivity index (χ1n) is 7.26. The van der Waals surface area contributed by atoms with Gasteiger partial charge in [0.25, 0.3) is 0 Å². The number of benzene rings is 1. The zero-order valence-electron chi connectivity index (χ0n) is 12.2. The van der Waals surface area contributed by atoms with Crippen molar-refractivity contribution >= 4 is 17.9 Å². The van der Waals surface area contributed by atoms with E-state index in [4.69, 9.17) is 4.74 Å². The van der Waals surface area contributed by atoms with Gasteiger partial charge in [-0.25, -0.2) is 4.79 Å². The molecular formula is C16H23NO2S. The predicted octanol–water partition coefficient (Wildman–Crippen LogP) is 3.93. The molecule has 1 heterocycles. The van der Waals surface area contributed by atoms with Crippen LogP contribution in [0.5, 0.6) is 0 Å². The highest BCUT2D eigenvalue weighted by molar-refractivity contribution is 8.00. The van der Waals surface area contributed by atoms with Crippen molar-refractivity contribution in [3.05, 3.63) is 35.9 Å². The number of hydrogen-bond acceptors (Lipinski definition) is 3. The summed E-state index contributed by atoms with van der Waals surface area (Å²) in [5.74, 6) is 0. The lowest BCUT2D eigenvalue weighted by Crippen LogP contribution is -2.39. The molecule has 1 saturated heterocycles. The Hall–Kier alpha value is -1.16. The second-order valence-electron chi connectivity index (χ2n) is 5.41.